The molecule has 1 aromatic heterocycles. The van der Waals surface area contributed by atoms with Gasteiger partial charge in [-0.1, -0.05) is 36.2 Å². The van der Waals surface area contributed by atoms with Crippen LogP contribution in [-0.2, 0) is 6.42 Å². The number of hydrogen-bond acceptors (Lipinski definition) is 2. The molecule has 0 saturated carbocycles. The lowest BCUT2D eigenvalue weighted by atomic mass is 10.1. The number of aromatic nitrogens is 2. The van der Waals surface area contributed by atoms with Gasteiger partial charge in [0.2, 0.25) is 0 Å². The molecule has 2 nitrogen and oxygen atoms in total. The van der Waals surface area contributed by atoms with E-state index in [1.807, 2.05) is 13.0 Å². The Bertz CT molecular complexity index is 882. The van der Waals surface area contributed by atoms with E-state index in [0.717, 1.165) is 16.2 Å². The van der Waals surface area contributed by atoms with Crippen molar-refractivity contribution in [2.24, 2.45) is 0 Å². The molecule has 0 amide bonds. The monoisotopic (exact) mass is 432 g/mol. The first kappa shape index (κ1) is 17.1. The minimum atomic E-state index is -0.228. The van der Waals surface area contributed by atoms with Gasteiger partial charge in [-0.05, 0) is 45.4 Å². The molecule has 0 fully saturated rings. The van der Waals surface area contributed by atoms with E-state index in [0.29, 0.717) is 37.8 Å². The fraction of sp³-hybridized carbons (Fsp3) is 0.188. The van der Waals surface area contributed by atoms with Crippen LogP contribution >= 0.6 is 50.9 Å². The fourth-order valence-corrected chi connectivity index (χ4v) is 3.78. The molecule has 7 heteroatoms. The van der Waals surface area contributed by atoms with Crippen LogP contribution in [0.15, 0.2) is 33.6 Å². The first-order chi connectivity index (χ1) is 11.0. The topological polar surface area (TPSA) is 28.7 Å². The number of halogens is 4. The Balaban J connectivity index is 1.94. The van der Waals surface area contributed by atoms with Gasteiger partial charge in [0.1, 0.15) is 17.2 Å². The van der Waals surface area contributed by atoms with E-state index in [1.165, 1.54) is 0 Å². The predicted molar refractivity (Wildman–Crippen MR) is 99.4 cm³/mol. The second-order valence-electron chi connectivity index (χ2n) is 4.93. The Morgan fingerprint density at radius 3 is 2.78 bits per heavy atom. The van der Waals surface area contributed by atoms with Crippen LogP contribution in [0.4, 0.5) is 4.39 Å². The zero-order valence-electron chi connectivity index (χ0n) is 12.1. The lowest BCUT2D eigenvalue weighted by molar-refractivity contribution is 0.609. The van der Waals surface area contributed by atoms with E-state index in [-0.39, 0.29) is 5.82 Å². The number of nitrogens with zero attached hydrogens (tertiary/aromatic N) is 1. The molecule has 0 aliphatic heterocycles. The molecular weight excluding hydrogens is 422 g/mol. The molecule has 0 bridgehead atoms. The van der Waals surface area contributed by atoms with Crippen LogP contribution in [0.1, 0.15) is 18.3 Å². The van der Waals surface area contributed by atoms with Crippen LogP contribution in [-0.4, -0.2) is 15.7 Å². The van der Waals surface area contributed by atoms with Gasteiger partial charge in [-0.3, -0.25) is 0 Å². The minimum absolute atomic E-state index is 0.228. The van der Waals surface area contributed by atoms with Crippen molar-refractivity contribution in [2.75, 3.05) is 5.75 Å². The lowest BCUT2D eigenvalue weighted by Crippen LogP contribution is -1.95. The van der Waals surface area contributed by atoms with Crippen molar-refractivity contribution in [3.05, 3.63) is 56.0 Å². The molecule has 23 heavy (non-hydrogen) atoms. The van der Waals surface area contributed by atoms with Crippen molar-refractivity contribution in [3.8, 4) is 0 Å². The Morgan fingerprint density at radius 1 is 1.30 bits per heavy atom. The van der Waals surface area contributed by atoms with Gasteiger partial charge in [0.25, 0.3) is 0 Å². The molecule has 2 aromatic carbocycles. The Labute approximate surface area is 155 Å². The Kier molecular flexibility index (Phi) is 5.21. The molecule has 0 radical (unpaired) electrons. The number of fused-ring (bicyclic) bond motifs is 1. The Morgan fingerprint density at radius 2 is 2.09 bits per heavy atom. The number of benzene rings is 2. The molecule has 0 atom stereocenters. The largest absolute Gasteiger partial charge is 0.342 e. The van der Waals surface area contributed by atoms with Gasteiger partial charge in [0.05, 0.1) is 20.0 Å². The van der Waals surface area contributed by atoms with E-state index in [2.05, 4.69) is 25.9 Å². The zero-order valence-corrected chi connectivity index (χ0v) is 16.0. The van der Waals surface area contributed by atoms with E-state index < -0.39 is 0 Å². The number of H-pyrrole nitrogens is 1. The number of aromatic amines is 1. The van der Waals surface area contributed by atoms with Crippen molar-refractivity contribution in [3.63, 3.8) is 0 Å². The minimum Gasteiger partial charge on any atom is -0.342 e. The molecule has 3 rings (SSSR count). The third-order valence-electron chi connectivity index (χ3n) is 3.36. The number of hydrogen-bond donors (Lipinski definition) is 1. The highest BCUT2D eigenvalue weighted by atomic mass is 79.9. The molecule has 0 unspecified atom stereocenters. The van der Waals surface area contributed by atoms with Crippen LogP contribution in [0.2, 0.25) is 10.0 Å². The molecule has 1 N–H and O–H groups in total. The number of nitrogens with one attached hydrogen (secondary N) is 1. The molecule has 0 spiro atoms. The SMILES string of the molecule is CCSc1ccc(Cc2nc3c(Cl)c(Br)c(Cl)cc3[nH]2)c(F)c1. The van der Waals surface area contributed by atoms with Gasteiger partial charge in [-0.25, -0.2) is 9.37 Å². The maximum Gasteiger partial charge on any atom is 0.127 e. The van der Waals surface area contributed by atoms with Crippen molar-refractivity contribution < 1.29 is 4.39 Å². The first-order valence-electron chi connectivity index (χ1n) is 6.93. The van der Waals surface area contributed by atoms with Crippen LogP contribution < -0.4 is 0 Å². The average Bonchev–Trinajstić information content (AvgIpc) is 2.91. The zero-order chi connectivity index (χ0) is 16.6. The van der Waals surface area contributed by atoms with Crippen LogP contribution in [0.3, 0.4) is 0 Å². The van der Waals surface area contributed by atoms with Gasteiger partial charge < -0.3 is 4.98 Å². The first-order valence-corrected chi connectivity index (χ1v) is 9.46. The molecule has 0 aliphatic carbocycles. The quantitative estimate of drug-likeness (QED) is 0.377. The number of imidazole rings is 1. The summed E-state index contributed by atoms with van der Waals surface area (Å²) in [6, 6.07) is 7.04. The number of rotatable bonds is 4. The maximum atomic E-state index is 14.2. The highest BCUT2D eigenvalue weighted by Crippen LogP contribution is 2.36. The molecular formula is C16H12BrCl2FN2S. The van der Waals surface area contributed by atoms with Gasteiger partial charge >= 0.3 is 0 Å². The Hall–Kier alpha value is -0.750. The van der Waals surface area contributed by atoms with Crippen molar-refractivity contribution in [2.45, 2.75) is 18.2 Å². The molecule has 0 saturated heterocycles. The summed E-state index contributed by atoms with van der Waals surface area (Å²) >= 11 is 17.3. The molecule has 120 valence electrons. The average molecular weight is 434 g/mol. The molecule has 0 aliphatic rings. The van der Waals surface area contributed by atoms with Gasteiger partial charge in [-0.15, -0.1) is 11.8 Å². The smallest absolute Gasteiger partial charge is 0.127 e. The summed E-state index contributed by atoms with van der Waals surface area (Å²) < 4.78 is 14.8. The molecule has 1 heterocycles. The fourth-order valence-electron chi connectivity index (χ4n) is 2.30. The van der Waals surface area contributed by atoms with Gasteiger partial charge in [0.15, 0.2) is 0 Å². The summed E-state index contributed by atoms with van der Waals surface area (Å²) in [5.74, 6) is 1.33. The highest BCUT2D eigenvalue weighted by Gasteiger charge is 2.14. The second-order valence-corrected chi connectivity index (χ2v) is 7.84. The third kappa shape index (κ3) is 3.53. The molecule has 3 aromatic rings. The summed E-state index contributed by atoms with van der Waals surface area (Å²) in [5.41, 5.74) is 1.94. The van der Waals surface area contributed by atoms with Crippen molar-refractivity contribution in [1.82, 2.24) is 9.97 Å². The van der Waals surface area contributed by atoms with Crippen LogP contribution in [0.25, 0.3) is 11.0 Å². The van der Waals surface area contributed by atoms with Crippen LogP contribution in [0.5, 0.6) is 0 Å². The maximum absolute atomic E-state index is 14.2. The van der Waals surface area contributed by atoms with Crippen molar-refractivity contribution >= 4 is 61.9 Å². The standard InChI is InChI=1S/C16H12BrCl2FN2S/c1-2-23-9-4-3-8(11(20)6-9)5-13-21-12-7-10(18)14(17)15(19)16(12)22-13/h3-4,6-7H,2,5H2,1H3,(H,21,22). The normalized spacial score (nSPS) is 11.3. The van der Waals surface area contributed by atoms with E-state index >= 15 is 0 Å². The predicted octanol–water partition coefficient (Wildman–Crippen LogP) is 6.47. The lowest BCUT2D eigenvalue weighted by Gasteiger charge is -2.04. The summed E-state index contributed by atoms with van der Waals surface area (Å²) in [5, 5.41) is 0.954. The second kappa shape index (κ2) is 7.01. The van der Waals surface area contributed by atoms with E-state index in [4.69, 9.17) is 23.2 Å². The van der Waals surface area contributed by atoms with Gasteiger partial charge in [0, 0.05) is 11.3 Å². The number of thioether (sulfide) groups is 1. The third-order valence-corrected chi connectivity index (χ3v) is 6.18. The van der Waals surface area contributed by atoms with Gasteiger partial charge in [-0.2, -0.15) is 0 Å². The van der Waals surface area contributed by atoms with E-state index in [1.54, 1.807) is 30.0 Å². The summed E-state index contributed by atoms with van der Waals surface area (Å²) in [6.45, 7) is 2.04. The summed E-state index contributed by atoms with van der Waals surface area (Å²) in [7, 11) is 0. The van der Waals surface area contributed by atoms with E-state index in [9.17, 15) is 4.39 Å². The summed E-state index contributed by atoms with van der Waals surface area (Å²) in [4.78, 5) is 8.54. The van der Waals surface area contributed by atoms with Crippen LogP contribution in [0, 0.1) is 5.82 Å². The van der Waals surface area contributed by atoms with Crippen molar-refractivity contribution in [1.29, 1.82) is 0 Å². The summed E-state index contributed by atoms with van der Waals surface area (Å²) in [6.07, 6.45) is 0.364. The highest BCUT2D eigenvalue weighted by molar-refractivity contribution is 9.10.